The molecule has 1 heterocycles. The summed E-state index contributed by atoms with van der Waals surface area (Å²) in [5.74, 6) is -1.82. The Balaban J connectivity index is 3.36. The fourth-order valence-electron chi connectivity index (χ4n) is 1.23. The maximum absolute atomic E-state index is 12.6. The zero-order valence-electron chi connectivity index (χ0n) is 9.39. The summed E-state index contributed by atoms with van der Waals surface area (Å²) in [6.45, 7) is -0.654. The van der Waals surface area contributed by atoms with Crippen molar-refractivity contribution in [3.63, 3.8) is 0 Å². The minimum Gasteiger partial charge on any atom is -0.494 e. The van der Waals surface area contributed by atoms with E-state index in [0.717, 1.165) is 7.11 Å². The molecule has 0 saturated carbocycles. The van der Waals surface area contributed by atoms with Crippen LogP contribution in [0.5, 0.6) is 11.5 Å². The van der Waals surface area contributed by atoms with Crippen LogP contribution in [-0.4, -0.2) is 18.5 Å². The molecule has 0 bridgehead atoms. The Kier molecular flexibility index (Phi) is 4.13. The van der Waals surface area contributed by atoms with Crippen LogP contribution in [0.3, 0.4) is 0 Å². The largest absolute Gasteiger partial charge is 0.573 e. The van der Waals surface area contributed by atoms with Crippen LogP contribution in [0.1, 0.15) is 11.4 Å². The topological polar surface area (TPSA) is 57.4 Å². The van der Waals surface area contributed by atoms with E-state index in [1.54, 1.807) is 0 Å². The Morgan fingerprint density at radius 3 is 2.11 bits per heavy atom. The highest BCUT2D eigenvalue weighted by atomic mass is 19.4. The fraction of sp³-hybridized carbons (Fsp3) is 0.444. The Morgan fingerprint density at radius 2 is 1.74 bits per heavy atom. The molecule has 1 aromatic heterocycles. The van der Waals surface area contributed by atoms with E-state index < -0.39 is 42.0 Å². The van der Waals surface area contributed by atoms with E-state index in [-0.39, 0.29) is 0 Å². The normalized spacial score (nSPS) is 12.4. The van der Waals surface area contributed by atoms with Gasteiger partial charge in [-0.25, -0.2) is 4.98 Å². The van der Waals surface area contributed by atoms with Crippen LogP contribution in [0, 0.1) is 0 Å². The van der Waals surface area contributed by atoms with Gasteiger partial charge in [-0.1, -0.05) is 0 Å². The summed E-state index contributed by atoms with van der Waals surface area (Å²) in [4.78, 5) is 3.02. The van der Waals surface area contributed by atoms with Gasteiger partial charge in [-0.2, -0.15) is 13.2 Å². The van der Waals surface area contributed by atoms with E-state index in [2.05, 4.69) is 14.5 Å². The monoisotopic (exact) mass is 290 g/mol. The van der Waals surface area contributed by atoms with E-state index in [1.165, 1.54) is 0 Å². The molecule has 108 valence electrons. The highest BCUT2D eigenvalue weighted by molar-refractivity contribution is 5.41. The zero-order chi connectivity index (χ0) is 14.8. The van der Waals surface area contributed by atoms with Crippen LogP contribution >= 0.6 is 0 Å². The van der Waals surface area contributed by atoms with Gasteiger partial charge in [0.1, 0.15) is 0 Å². The molecule has 0 radical (unpaired) electrons. The Labute approximate surface area is 103 Å². The number of rotatable bonds is 3. The van der Waals surface area contributed by atoms with Gasteiger partial charge in [-0.15, -0.1) is 13.2 Å². The molecule has 0 aliphatic heterocycles. The summed E-state index contributed by atoms with van der Waals surface area (Å²) in [6.07, 6.45) is -9.96. The molecule has 4 nitrogen and oxygen atoms in total. The van der Waals surface area contributed by atoms with Crippen molar-refractivity contribution in [2.45, 2.75) is 19.1 Å². The lowest BCUT2D eigenvalue weighted by molar-refractivity contribution is -0.275. The van der Waals surface area contributed by atoms with Crippen LogP contribution < -0.4 is 15.2 Å². The summed E-state index contributed by atoms with van der Waals surface area (Å²) < 4.78 is 81.8. The maximum atomic E-state index is 12.6. The van der Waals surface area contributed by atoms with E-state index in [9.17, 15) is 26.3 Å². The summed E-state index contributed by atoms with van der Waals surface area (Å²) in [6, 6.07) is 0.450. The third-order valence-electron chi connectivity index (χ3n) is 1.93. The second kappa shape index (κ2) is 5.11. The molecule has 0 aliphatic carbocycles. The average molecular weight is 290 g/mol. The summed E-state index contributed by atoms with van der Waals surface area (Å²) in [5, 5.41) is 0. The third kappa shape index (κ3) is 3.88. The van der Waals surface area contributed by atoms with Crippen molar-refractivity contribution >= 4 is 0 Å². The number of pyridine rings is 1. The summed E-state index contributed by atoms with van der Waals surface area (Å²) in [7, 11) is 0.867. The highest BCUT2D eigenvalue weighted by Crippen LogP contribution is 2.38. The van der Waals surface area contributed by atoms with Crippen LogP contribution in [0.4, 0.5) is 26.3 Å². The first-order chi connectivity index (χ1) is 8.58. The number of aromatic nitrogens is 1. The number of methoxy groups -OCH3 is 1. The molecular weight excluding hydrogens is 282 g/mol. The molecule has 0 fully saturated rings. The molecule has 0 aromatic carbocycles. The first-order valence-corrected chi connectivity index (χ1v) is 4.69. The molecular formula is C9H8F6N2O2. The SMILES string of the molecule is COc1cc(OC(F)(F)F)c(CN)nc1C(F)(F)F. The van der Waals surface area contributed by atoms with E-state index in [4.69, 9.17) is 5.73 Å². The van der Waals surface area contributed by atoms with Crippen molar-refractivity contribution in [1.82, 2.24) is 4.98 Å². The highest BCUT2D eigenvalue weighted by Gasteiger charge is 2.39. The first-order valence-electron chi connectivity index (χ1n) is 4.69. The number of alkyl halides is 6. The second-order valence-electron chi connectivity index (χ2n) is 3.23. The van der Waals surface area contributed by atoms with E-state index in [0.29, 0.717) is 6.07 Å². The van der Waals surface area contributed by atoms with Crippen LogP contribution in [0.25, 0.3) is 0 Å². The van der Waals surface area contributed by atoms with Gasteiger partial charge in [0, 0.05) is 12.6 Å². The lowest BCUT2D eigenvalue weighted by Crippen LogP contribution is -2.21. The van der Waals surface area contributed by atoms with Crippen molar-refractivity contribution in [2.24, 2.45) is 5.73 Å². The van der Waals surface area contributed by atoms with Crippen LogP contribution in [0.15, 0.2) is 6.07 Å². The number of nitrogens with zero attached hydrogens (tertiary/aromatic N) is 1. The Hall–Kier alpha value is -1.71. The van der Waals surface area contributed by atoms with Gasteiger partial charge in [-0.3, -0.25) is 0 Å². The first kappa shape index (κ1) is 15.3. The van der Waals surface area contributed by atoms with Gasteiger partial charge < -0.3 is 15.2 Å². The average Bonchev–Trinajstić information content (AvgIpc) is 2.24. The molecule has 19 heavy (non-hydrogen) atoms. The molecule has 10 heteroatoms. The summed E-state index contributed by atoms with van der Waals surface area (Å²) >= 11 is 0. The van der Waals surface area contributed by atoms with Crippen molar-refractivity contribution in [1.29, 1.82) is 0 Å². The van der Waals surface area contributed by atoms with Crippen molar-refractivity contribution in [3.8, 4) is 11.5 Å². The third-order valence-corrected chi connectivity index (χ3v) is 1.93. The minimum atomic E-state index is -5.07. The smallest absolute Gasteiger partial charge is 0.494 e. The molecule has 1 rings (SSSR count). The number of hydrogen-bond acceptors (Lipinski definition) is 4. The van der Waals surface area contributed by atoms with E-state index >= 15 is 0 Å². The van der Waals surface area contributed by atoms with Gasteiger partial charge >= 0.3 is 12.5 Å². The quantitative estimate of drug-likeness (QED) is 0.869. The van der Waals surface area contributed by atoms with Gasteiger partial charge in [0.05, 0.1) is 12.8 Å². The molecule has 0 spiro atoms. The van der Waals surface area contributed by atoms with Gasteiger partial charge in [0.15, 0.2) is 17.2 Å². The molecule has 0 saturated heterocycles. The Bertz CT molecular complexity index is 457. The predicted octanol–water partition coefficient (Wildman–Crippen LogP) is 2.47. The zero-order valence-corrected chi connectivity index (χ0v) is 9.39. The lowest BCUT2D eigenvalue weighted by Gasteiger charge is -2.16. The van der Waals surface area contributed by atoms with Crippen molar-refractivity contribution in [2.75, 3.05) is 7.11 Å². The number of nitrogens with two attached hydrogens (primary N) is 1. The standard InChI is InChI=1S/C9H8F6N2O2/c1-18-6-2-5(19-9(13,14)15)4(3-16)17-7(6)8(10,11)12/h2H,3,16H2,1H3. The predicted molar refractivity (Wildman–Crippen MR) is 50.4 cm³/mol. The molecule has 0 unspecified atom stereocenters. The van der Waals surface area contributed by atoms with Gasteiger partial charge in [0.2, 0.25) is 0 Å². The molecule has 2 N–H and O–H groups in total. The number of hydrogen-bond donors (Lipinski definition) is 1. The van der Waals surface area contributed by atoms with Crippen molar-refractivity contribution in [3.05, 3.63) is 17.5 Å². The van der Waals surface area contributed by atoms with Crippen LogP contribution in [0.2, 0.25) is 0 Å². The van der Waals surface area contributed by atoms with Gasteiger partial charge in [0.25, 0.3) is 0 Å². The van der Waals surface area contributed by atoms with Gasteiger partial charge in [-0.05, 0) is 0 Å². The molecule has 0 aliphatic rings. The molecule has 0 atom stereocenters. The number of ether oxygens (including phenoxy) is 2. The van der Waals surface area contributed by atoms with Crippen molar-refractivity contribution < 1.29 is 35.8 Å². The fourth-order valence-corrected chi connectivity index (χ4v) is 1.23. The maximum Gasteiger partial charge on any atom is 0.573 e. The van der Waals surface area contributed by atoms with Crippen LogP contribution in [-0.2, 0) is 12.7 Å². The Morgan fingerprint density at radius 1 is 1.16 bits per heavy atom. The number of halogens is 6. The summed E-state index contributed by atoms with van der Waals surface area (Å²) in [5.41, 5.74) is 2.91. The molecule has 0 amide bonds. The lowest BCUT2D eigenvalue weighted by atomic mass is 10.2. The minimum absolute atomic E-state index is 0.450. The second-order valence-corrected chi connectivity index (χ2v) is 3.23. The van der Waals surface area contributed by atoms with E-state index in [1.807, 2.05) is 0 Å². The molecule has 1 aromatic rings.